The lowest BCUT2D eigenvalue weighted by atomic mass is 10.4. The van der Waals surface area contributed by atoms with Crippen LogP contribution in [0.1, 0.15) is 6.92 Å². The average Bonchev–Trinajstić information content (AvgIpc) is 1.98. The minimum Gasteiger partial charge on any atom is -0.376 e. The second-order valence-corrected chi connectivity index (χ2v) is 2.33. The molecule has 0 unspecified atom stereocenters. The van der Waals surface area contributed by atoms with Gasteiger partial charge < -0.3 is 10.1 Å². The molecule has 2 nitrogen and oxygen atoms in total. The standard InChI is InChI=1S/C7H14ClNO/c1-7(5-8)6-10-4-3-9-2/h5,9H,3-4,6H2,1-2H3. The molecule has 0 fully saturated rings. The molecule has 0 aromatic carbocycles. The third-order valence-electron chi connectivity index (χ3n) is 1.01. The van der Waals surface area contributed by atoms with Crippen LogP contribution in [-0.2, 0) is 4.74 Å². The summed E-state index contributed by atoms with van der Waals surface area (Å²) in [6.45, 7) is 4.19. The summed E-state index contributed by atoms with van der Waals surface area (Å²) in [7, 11) is 1.90. The molecule has 0 saturated heterocycles. The number of likely N-dealkylation sites (N-methyl/N-ethyl adjacent to an activating group) is 1. The van der Waals surface area contributed by atoms with E-state index in [1.54, 1.807) is 5.54 Å². The summed E-state index contributed by atoms with van der Waals surface area (Å²) in [5, 5.41) is 2.98. The maximum absolute atomic E-state index is 5.41. The number of hydrogen-bond donors (Lipinski definition) is 1. The quantitative estimate of drug-likeness (QED) is 0.619. The first-order valence-corrected chi connectivity index (χ1v) is 3.73. The Morgan fingerprint density at radius 2 is 2.40 bits per heavy atom. The van der Waals surface area contributed by atoms with Crippen molar-refractivity contribution in [2.45, 2.75) is 6.92 Å². The number of nitrogens with one attached hydrogen (secondary N) is 1. The second kappa shape index (κ2) is 7.06. The van der Waals surface area contributed by atoms with Gasteiger partial charge in [0.25, 0.3) is 0 Å². The smallest absolute Gasteiger partial charge is 0.0686 e. The molecule has 0 aromatic rings. The van der Waals surface area contributed by atoms with Gasteiger partial charge in [-0.1, -0.05) is 11.6 Å². The minimum atomic E-state index is 0.630. The lowest BCUT2D eigenvalue weighted by Crippen LogP contribution is -2.14. The highest BCUT2D eigenvalue weighted by molar-refractivity contribution is 6.25. The zero-order valence-corrected chi connectivity index (χ0v) is 7.24. The van der Waals surface area contributed by atoms with Gasteiger partial charge in [0, 0.05) is 12.1 Å². The van der Waals surface area contributed by atoms with Crippen LogP contribution in [0.2, 0.25) is 0 Å². The predicted octanol–water partition coefficient (Wildman–Crippen LogP) is 1.36. The second-order valence-electron chi connectivity index (χ2n) is 2.11. The van der Waals surface area contributed by atoms with Gasteiger partial charge >= 0.3 is 0 Å². The van der Waals surface area contributed by atoms with Gasteiger partial charge in [0.2, 0.25) is 0 Å². The lowest BCUT2D eigenvalue weighted by molar-refractivity contribution is 0.159. The van der Waals surface area contributed by atoms with Crippen LogP contribution < -0.4 is 5.32 Å². The van der Waals surface area contributed by atoms with Gasteiger partial charge in [0.15, 0.2) is 0 Å². The van der Waals surface area contributed by atoms with Crippen LogP contribution in [0.3, 0.4) is 0 Å². The molecule has 0 rings (SSSR count). The number of ether oxygens (including phenoxy) is 1. The third kappa shape index (κ3) is 6.08. The Morgan fingerprint density at radius 3 is 2.90 bits per heavy atom. The molecule has 0 aliphatic heterocycles. The Kier molecular flexibility index (Phi) is 7.03. The first-order valence-electron chi connectivity index (χ1n) is 3.29. The van der Waals surface area contributed by atoms with Gasteiger partial charge in [0.1, 0.15) is 0 Å². The number of rotatable bonds is 5. The summed E-state index contributed by atoms with van der Waals surface area (Å²) < 4.78 is 5.21. The normalized spacial score (nSPS) is 12.1. The minimum absolute atomic E-state index is 0.630. The molecule has 0 aliphatic rings. The van der Waals surface area contributed by atoms with Crippen molar-refractivity contribution in [1.82, 2.24) is 5.32 Å². The molecule has 0 radical (unpaired) electrons. The van der Waals surface area contributed by atoms with Crippen molar-refractivity contribution in [3.8, 4) is 0 Å². The van der Waals surface area contributed by atoms with E-state index in [0.29, 0.717) is 6.61 Å². The molecule has 60 valence electrons. The summed E-state index contributed by atoms with van der Waals surface area (Å²) in [4.78, 5) is 0. The predicted molar refractivity (Wildman–Crippen MR) is 44.4 cm³/mol. The average molecular weight is 164 g/mol. The Hall–Kier alpha value is -0.0500. The van der Waals surface area contributed by atoms with E-state index in [0.717, 1.165) is 18.7 Å². The highest BCUT2D eigenvalue weighted by Gasteiger charge is 1.87. The first-order chi connectivity index (χ1) is 4.81. The van der Waals surface area contributed by atoms with E-state index in [2.05, 4.69) is 5.32 Å². The van der Waals surface area contributed by atoms with E-state index < -0.39 is 0 Å². The fraction of sp³-hybridized carbons (Fsp3) is 0.714. The highest BCUT2D eigenvalue weighted by atomic mass is 35.5. The van der Waals surface area contributed by atoms with Crippen LogP contribution in [0.4, 0.5) is 0 Å². The van der Waals surface area contributed by atoms with E-state index >= 15 is 0 Å². The van der Waals surface area contributed by atoms with Crippen LogP contribution in [0.25, 0.3) is 0 Å². The molecule has 1 N–H and O–H groups in total. The Labute approximate surface area is 67.2 Å². The van der Waals surface area contributed by atoms with E-state index in [9.17, 15) is 0 Å². The fourth-order valence-electron chi connectivity index (χ4n) is 0.439. The summed E-state index contributed by atoms with van der Waals surface area (Å²) in [5.41, 5.74) is 2.59. The van der Waals surface area contributed by atoms with Gasteiger partial charge in [-0.25, -0.2) is 0 Å². The van der Waals surface area contributed by atoms with Crippen molar-refractivity contribution < 1.29 is 4.74 Å². The van der Waals surface area contributed by atoms with Gasteiger partial charge in [0.05, 0.1) is 13.2 Å². The molecule has 3 heteroatoms. The van der Waals surface area contributed by atoms with Crippen molar-refractivity contribution in [3.05, 3.63) is 11.1 Å². The lowest BCUT2D eigenvalue weighted by Gasteiger charge is -2.01. The topological polar surface area (TPSA) is 21.3 Å². The summed E-state index contributed by atoms with van der Waals surface area (Å²) >= 11 is 5.41. The van der Waals surface area contributed by atoms with Crippen LogP contribution in [-0.4, -0.2) is 26.8 Å². The molecule has 0 bridgehead atoms. The van der Waals surface area contributed by atoms with Crippen molar-refractivity contribution >= 4 is 11.6 Å². The van der Waals surface area contributed by atoms with E-state index in [1.807, 2.05) is 14.0 Å². The summed E-state index contributed by atoms with van der Waals surface area (Å²) in [5.74, 6) is 0. The van der Waals surface area contributed by atoms with E-state index in [-0.39, 0.29) is 0 Å². The van der Waals surface area contributed by atoms with Crippen molar-refractivity contribution in [1.29, 1.82) is 0 Å². The Morgan fingerprint density at radius 1 is 1.70 bits per heavy atom. The molecule has 0 atom stereocenters. The molecule has 0 saturated carbocycles. The molecular formula is C7H14ClNO. The summed E-state index contributed by atoms with van der Waals surface area (Å²) in [6.07, 6.45) is 0. The van der Waals surface area contributed by atoms with Gasteiger partial charge in [-0.15, -0.1) is 0 Å². The van der Waals surface area contributed by atoms with Gasteiger partial charge in [-0.2, -0.15) is 0 Å². The largest absolute Gasteiger partial charge is 0.376 e. The van der Waals surface area contributed by atoms with Crippen molar-refractivity contribution in [2.24, 2.45) is 0 Å². The number of hydrogen-bond acceptors (Lipinski definition) is 2. The zero-order valence-electron chi connectivity index (χ0n) is 6.48. The molecule has 0 spiro atoms. The van der Waals surface area contributed by atoms with Crippen molar-refractivity contribution in [3.63, 3.8) is 0 Å². The van der Waals surface area contributed by atoms with Crippen molar-refractivity contribution in [2.75, 3.05) is 26.8 Å². The molecule has 0 aliphatic carbocycles. The van der Waals surface area contributed by atoms with Crippen LogP contribution in [0.5, 0.6) is 0 Å². The molecule has 0 aromatic heterocycles. The van der Waals surface area contributed by atoms with E-state index in [4.69, 9.17) is 16.3 Å². The Balaban J connectivity index is 3.04. The highest BCUT2D eigenvalue weighted by Crippen LogP contribution is 1.94. The zero-order chi connectivity index (χ0) is 7.82. The van der Waals surface area contributed by atoms with Gasteiger partial charge in [-0.05, 0) is 19.5 Å². The first kappa shape index (κ1) is 9.95. The summed E-state index contributed by atoms with van der Waals surface area (Å²) in [6, 6.07) is 0. The SMILES string of the molecule is CNCCOCC(C)=CCl. The fourth-order valence-corrected chi connectivity index (χ4v) is 0.502. The van der Waals surface area contributed by atoms with Crippen LogP contribution in [0, 0.1) is 0 Å². The van der Waals surface area contributed by atoms with Gasteiger partial charge in [-0.3, -0.25) is 0 Å². The third-order valence-corrected chi connectivity index (χ3v) is 1.38. The maximum atomic E-state index is 5.41. The number of halogens is 1. The molecular weight excluding hydrogens is 150 g/mol. The maximum Gasteiger partial charge on any atom is 0.0686 e. The Bertz CT molecular complexity index is 104. The molecule has 0 amide bonds. The van der Waals surface area contributed by atoms with Crippen LogP contribution >= 0.6 is 11.6 Å². The molecule has 0 heterocycles. The van der Waals surface area contributed by atoms with E-state index in [1.165, 1.54) is 0 Å². The monoisotopic (exact) mass is 163 g/mol. The molecule has 10 heavy (non-hydrogen) atoms. The van der Waals surface area contributed by atoms with Crippen LogP contribution in [0.15, 0.2) is 11.1 Å².